The summed E-state index contributed by atoms with van der Waals surface area (Å²) >= 11 is 0. The van der Waals surface area contributed by atoms with E-state index in [2.05, 4.69) is 14.8 Å². The Morgan fingerprint density at radius 2 is 1.97 bits per heavy atom. The van der Waals surface area contributed by atoms with Crippen molar-refractivity contribution in [1.29, 1.82) is 0 Å². The van der Waals surface area contributed by atoms with Gasteiger partial charge in [0.15, 0.2) is 0 Å². The fourth-order valence-electron chi connectivity index (χ4n) is 3.46. The molecule has 2 aromatic carbocycles. The molecule has 3 N–H and O–H groups in total. The number of hydrogen-bond acceptors (Lipinski definition) is 6. The number of carbonyl (C=O) groups is 2. The van der Waals surface area contributed by atoms with E-state index in [1.165, 1.54) is 25.3 Å². The van der Waals surface area contributed by atoms with Crippen molar-refractivity contribution in [1.82, 2.24) is 15.5 Å². The normalized spacial score (nSPS) is 12.7. The van der Waals surface area contributed by atoms with E-state index < -0.39 is 41.3 Å². The largest absolute Gasteiger partial charge is 0.496 e. The van der Waals surface area contributed by atoms with Crippen LogP contribution in [0.2, 0.25) is 0 Å². The van der Waals surface area contributed by atoms with Crippen LogP contribution in [0.1, 0.15) is 29.6 Å². The van der Waals surface area contributed by atoms with Crippen LogP contribution in [0.5, 0.6) is 5.75 Å². The zero-order valence-corrected chi connectivity index (χ0v) is 17.4. The third-order valence-corrected chi connectivity index (χ3v) is 5.07. The van der Waals surface area contributed by atoms with Gasteiger partial charge in [-0.3, -0.25) is 9.59 Å². The minimum atomic E-state index is -1.07. The fraction of sp³-hybridized carbons (Fsp3) is 0.273. The number of nitrogens with zero attached hydrogens (tertiary/aromatic N) is 1. The zero-order chi connectivity index (χ0) is 23.3. The predicted octanol–water partition coefficient (Wildman–Crippen LogP) is 2.63. The average molecular weight is 443 g/mol. The molecule has 3 rings (SSSR count). The third kappa shape index (κ3) is 5.20. The van der Waals surface area contributed by atoms with Crippen molar-refractivity contribution in [3.63, 3.8) is 0 Å². The number of aliphatic carboxylic acids is 1. The van der Waals surface area contributed by atoms with E-state index in [9.17, 15) is 23.9 Å². The van der Waals surface area contributed by atoms with Gasteiger partial charge in [0.1, 0.15) is 11.6 Å². The second-order valence-electron chi connectivity index (χ2n) is 7.10. The molecule has 1 heterocycles. The molecule has 10 heteroatoms. The van der Waals surface area contributed by atoms with Gasteiger partial charge in [-0.1, -0.05) is 31.2 Å². The van der Waals surface area contributed by atoms with Crippen molar-refractivity contribution in [3.05, 3.63) is 70.3 Å². The molecule has 1 unspecified atom stereocenters. The molecular formula is C22H22FN3O6. The molecule has 0 saturated carbocycles. The highest BCUT2D eigenvalue weighted by atomic mass is 19.1. The summed E-state index contributed by atoms with van der Waals surface area (Å²) in [7, 11) is 1.50. The van der Waals surface area contributed by atoms with Crippen molar-refractivity contribution in [2.24, 2.45) is 5.92 Å². The van der Waals surface area contributed by atoms with Gasteiger partial charge in [0.05, 0.1) is 13.0 Å². The Morgan fingerprint density at radius 1 is 1.25 bits per heavy atom. The van der Waals surface area contributed by atoms with Crippen molar-refractivity contribution in [3.8, 4) is 16.9 Å². The van der Waals surface area contributed by atoms with Crippen LogP contribution in [0, 0.1) is 11.7 Å². The van der Waals surface area contributed by atoms with Crippen LogP contribution in [0.25, 0.3) is 11.1 Å². The molecular weight excluding hydrogens is 421 g/mol. The number of methoxy groups -OCH3 is 1. The zero-order valence-electron chi connectivity index (χ0n) is 17.4. The molecule has 1 aromatic heterocycles. The summed E-state index contributed by atoms with van der Waals surface area (Å²) in [5.41, 5.74) is 2.04. The molecule has 32 heavy (non-hydrogen) atoms. The number of amides is 1. The van der Waals surface area contributed by atoms with E-state index in [1.807, 2.05) is 5.10 Å². The number of carbonyl (C=O) groups excluding carboxylic acids is 1. The topological polar surface area (TPSA) is 135 Å². The summed E-state index contributed by atoms with van der Waals surface area (Å²) in [4.78, 5) is 35.2. The lowest BCUT2D eigenvalue weighted by molar-refractivity contribution is -0.142. The van der Waals surface area contributed by atoms with Crippen molar-refractivity contribution in [2.75, 3.05) is 7.11 Å². The van der Waals surface area contributed by atoms with E-state index in [-0.39, 0.29) is 12.8 Å². The summed E-state index contributed by atoms with van der Waals surface area (Å²) in [6, 6.07) is 10.5. The first-order valence-corrected chi connectivity index (χ1v) is 9.84. The number of H-pyrrole nitrogens is 1. The van der Waals surface area contributed by atoms with Gasteiger partial charge >= 0.3 is 23.5 Å². The Hall–Kier alpha value is -3.95. The van der Waals surface area contributed by atoms with E-state index >= 15 is 0 Å². The van der Waals surface area contributed by atoms with Crippen LogP contribution in [0.4, 0.5) is 4.39 Å². The number of carboxylic acid groups (broad SMARTS) is 1. The van der Waals surface area contributed by atoms with Gasteiger partial charge in [0, 0.05) is 11.6 Å². The number of carboxylic acids is 1. The maximum absolute atomic E-state index is 13.7. The second kappa shape index (κ2) is 9.90. The van der Waals surface area contributed by atoms with E-state index in [1.54, 1.807) is 31.2 Å². The van der Waals surface area contributed by atoms with Crippen LogP contribution in [-0.4, -0.2) is 40.3 Å². The number of nitrogens with one attached hydrogen (secondary N) is 2. The van der Waals surface area contributed by atoms with Crippen molar-refractivity contribution in [2.45, 2.75) is 25.8 Å². The lowest BCUT2D eigenvalue weighted by atomic mass is 9.90. The molecule has 0 saturated heterocycles. The molecule has 168 valence electrons. The van der Waals surface area contributed by atoms with Gasteiger partial charge in [-0.2, -0.15) is 0 Å². The Morgan fingerprint density at radius 3 is 2.53 bits per heavy atom. The Balaban J connectivity index is 1.84. The molecule has 3 aromatic rings. The van der Waals surface area contributed by atoms with Gasteiger partial charge in [-0.05, 0) is 42.2 Å². The number of halogens is 1. The number of aromatic nitrogens is 2. The van der Waals surface area contributed by atoms with E-state index in [0.29, 0.717) is 16.9 Å². The summed E-state index contributed by atoms with van der Waals surface area (Å²) in [6.45, 7) is 1.70. The van der Waals surface area contributed by atoms with E-state index in [4.69, 9.17) is 4.74 Å². The van der Waals surface area contributed by atoms with Gasteiger partial charge < -0.3 is 19.6 Å². The van der Waals surface area contributed by atoms with Gasteiger partial charge in [0.2, 0.25) is 0 Å². The molecule has 9 nitrogen and oxygen atoms in total. The van der Waals surface area contributed by atoms with Crippen LogP contribution >= 0.6 is 0 Å². The smallest absolute Gasteiger partial charge is 0.434 e. The molecule has 0 aliphatic heterocycles. The lowest BCUT2D eigenvalue weighted by Gasteiger charge is -2.24. The first kappa shape index (κ1) is 22.7. The first-order chi connectivity index (χ1) is 15.3. The highest BCUT2D eigenvalue weighted by molar-refractivity contribution is 5.90. The molecule has 0 fully saturated rings. The summed E-state index contributed by atoms with van der Waals surface area (Å²) < 4.78 is 23.6. The minimum absolute atomic E-state index is 0.200. The Labute approximate surface area is 182 Å². The molecule has 0 aliphatic rings. The number of hydrogen-bond donors (Lipinski definition) is 3. The van der Waals surface area contributed by atoms with Crippen LogP contribution in [-0.2, 0) is 11.2 Å². The number of ether oxygens (including phenoxy) is 1. The third-order valence-electron chi connectivity index (χ3n) is 5.07. The summed E-state index contributed by atoms with van der Waals surface area (Å²) in [6.07, 6.45) is 0.467. The maximum Gasteiger partial charge on any atom is 0.434 e. The SMILES string of the molecule is CC[C@@H](C(=O)O)C(Cc1ccc(-c2cc(F)ccc2OC)cc1)NC(=O)c1n[nH]c(=O)o1. The molecule has 1 amide bonds. The van der Waals surface area contributed by atoms with Crippen molar-refractivity contribution >= 4 is 11.9 Å². The Kier molecular flexibility index (Phi) is 7.04. The van der Waals surface area contributed by atoms with E-state index in [0.717, 1.165) is 5.56 Å². The summed E-state index contributed by atoms with van der Waals surface area (Å²) in [5.74, 6) is -4.00. The molecule has 0 aliphatic carbocycles. The van der Waals surface area contributed by atoms with Crippen LogP contribution < -0.4 is 15.8 Å². The molecule has 0 bridgehead atoms. The number of aromatic amines is 1. The first-order valence-electron chi connectivity index (χ1n) is 9.84. The second-order valence-corrected chi connectivity index (χ2v) is 7.10. The molecule has 0 radical (unpaired) electrons. The standard InChI is InChI=1S/C22H22FN3O6/c1-3-15(21(28)29)17(24-19(27)20-25-26-22(30)32-20)10-12-4-6-13(7-5-12)16-11-14(23)8-9-18(16)31-2/h4-9,11,15,17H,3,10H2,1-2H3,(H,24,27)(H,26,30)(H,28,29)/t15-,17?/m1/s1. The highest BCUT2D eigenvalue weighted by Gasteiger charge is 2.30. The number of benzene rings is 2. The van der Waals surface area contributed by atoms with Gasteiger partial charge in [-0.25, -0.2) is 14.3 Å². The molecule has 0 spiro atoms. The monoisotopic (exact) mass is 443 g/mol. The van der Waals surface area contributed by atoms with Crippen molar-refractivity contribution < 1.29 is 28.2 Å². The van der Waals surface area contributed by atoms with Crippen LogP contribution in [0.3, 0.4) is 0 Å². The highest BCUT2D eigenvalue weighted by Crippen LogP contribution is 2.31. The average Bonchev–Trinajstić information content (AvgIpc) is 3.21. The van der Waals surface area contributed by atoms with Gasteiger partial charge in [0.25, 0.3) is 0 Å². The quantitative estimate of drug-likeness (QED) is 0.463. The molecule has 2 atom stereocenters. The van der Waals surface area contributed by atoms with Gasteiger partial charge in [-0.15, -0.1) is 5.10 Å². The number of rotatable bonds is 9. The van der Waals surface area contributed by atoms with Crippen LogP contribution in [0.15, 0.2) is 51.7 Å². The summed E-state index contributed by atoms with van der Waals surface area (Å²) in [5, 5.41) is 17.6. The Bertz CT molecular complexity index is 1150. The minimum Gasteiger partial charge on any atom is -0.496 e. The maximum atomic E-state index is 13.7. The lowest BCUT2D eigenvalue weighted by Crippen LogP contribution is -2.44. The fourth-order valence-corrected chi connectivity index (χ4v) is 3.46. The predicted molar refractivity (Wildman–Crippen MR) is 112 cm³/mol.